The molecule has 0 amide bonds. The van der Waals surface area contributed by atoms with Gasteiger partial charge in [0.05, 0.1) is 0 Å². The summed E-state index contributed by atoms with van der Waals surface area (Å²) in [6, 6.07) is 5.98. The molecule has 0 bridgehead atoms. The molecule has 1 rings (SSSR count). The first kappa shape index (κ1) is 14.8. The number of hydrogen-bond donors (Lipinski definition) is 0. The maximum Gasteiger partial charge on any atom is 0.127 e. The highest BCUT2D eigenvalue weighted by Gasteiger charge is 2.24. The standard InChI is InChI=1S/C15H24N2O/c1-4-9-15(2,13-18)12-17(3)11-8-14-7-5-6-10-16-14/h5-7,10,13H,4,8-9,11-12H2,1-3H3. The Morgan fingerprint density at radius 2 is 2.22 bits per heavy atom. The lowest BCUT2D eigenvalue weighted by atomic mass is 9.87. The molecule has 1 atom stereocenters. The van der Waals surface area contributed by atoms with E-state index in [1.165, 1.54) is 0 Å². The minimum absolute atomic E-state index is 0.215. The van der Waals surface area contributed by atoms with Crippen LogP contribution in [-0.2, 0) is 11.2 Å². The third-order valence-electron chi connectivity index (χ3n) is 3.21. The number of pyridine rings is 1. The van der Waals surface area contributed by atoms with Crippen LogP contribution in [0.4, 0.5) is 0 Å². The zero-order valence-corrected chi connectivity index (χ0v) is 11.7. The first-order valence-corrected chi connectivity index (χ1v) is 6.64. The fourth-order valence-corrected chi connectivity index (χ4v) is 2.29. The van der Waals surface area contributed by atoms with Crippen molar-refractivity contribution in [3.05, 3.63) is 30.1 Å². The van der Waals surface area contributed by atoms with E-state index in [2.05, 4.69) is 23.9 Å². The van der Waals surface area contributed by atoms with Crippen LogP contribution in [0.25, 0.3) is 0 Å². The van der Waals surface area contributed by atoms with Crippen LogP contribution in [0.3, 0.4) is 0 Å². The summed E-state index contributed by atoms with van der Waals surface area (Å²) >= 11 is 0. The zero-order valence-electron chi connectivity index (χ0n) is 11.7. The molecule has 100 valence electrons. The number of hydrogen-bond acceptors (Lipinski definition) is 3. The predicted molar refractivity (Wildman–Crippen MR) is 74.5 cm³/mol. The van der Waals surface area contributed by atoms with Crippen molar-refractivity contribution in [1.82, 2.24) is 9.88 Å². The largest absolute Gasteiger partial charge is 0.305 e. The van der Waals surface area contributed by atoms with E-state index in [4.69, 9.17) is 0 Å². The number of carbonyl (C=O) groups is 1. The van der Waals surface area contributed by atoms with Crippen LogP contribution in [0.15, 0.2) is 24.4 Å². The maximum atomic E-state index is 11.2. The van der Waals surface area contributed by atoms with Crippen LogP contribution in [0, 0.1) is 5.41 Å². The lowest BCUT2D eigenvalue weighted by molar-refractivity contribution is -0.116. The van der Waals surface area contributed by atoms with Gasteiger partial charge in [0.25, 0.3) is 0 Å². The summed E-state index contributed by atoms with van der Waals surface area (Å²) in [6.45, 7) is 5.91. The molecule has 0 aromatic carbocycles. The summed E-state index contributed by atoms with van der Waals surface area (Å²) in [6.07, 6.45) is 5.85. The molecule has 1 unspecified atom stereocenters. The van der Waals surface area contributed by atoms with Gasteiger partial charge in [-0.2, -0.15) is 0 Å². The molecule has 3 heteroatoms. The van der Waals surface area contributed by atoms with Gasteiger partial charge in [0.2, 0.25) is 0 Å². The molecular weight excluding hydrogens is 224 g/mol. The number of carbonyl (C=O) groups excluding carboxylic acids is 1. The van der Waals surface area contributed by atoms with Crippen molar-refractivity contribution in [3.63, 3.8) is 0 Å². The van der Waals surface area contributed by atoms with Crippen molar-refractivity contribution in [2.75, 3.05) is 20.1 Å². The quantitative estimate of drug-likeness (QED) is 0.663. The van der Waals surface area contributed by atoms with Crippen LogP contribution >= 0.6 is 0 Å². The molecule has 0 saturated heterocycles. The summed E-state index contributed by atoms with van der Waals surface area (Å²) in [5.74, 6) is 0. The van der Waals surface area contributed by atoms with E-state index in [0.717, 1.165) is 44.3 Å². The van der Waals surface area contributed by atoms with Gasteiger partial charge in [-0.25, -0.2) is 0 Å². The van der Waals surface area contributed by atoms with E-state index in [9.17, 15) is 4.79 Å². The van der Waals surface area contributed by atoms with Crippen molar-refractivity contribution in [3.8, 4) is 0 Å². The second kappa shape index (κ2) is 7.27. The van der Waals surface area contributed by atoms with E-state index in [1.54, 1.807) is 0 Å². The number of aromatic nitrogens is 1. The lowest BCUT2D eigenvalue weighted by Gasteiger charge is -2.28. The SMILES string of the molecule is CCCC(C)(C=O)CN(C)CCc1ccccn1. The Morgan fingerprint density at radius 1 is 1.44 bits per heavy atom. The normalized spacial score (nSPS) is 14.4. The Labute approximate surface area is 110 Å². The highest BCUT2D eigenvalue weighted by Crippen LogP contribution is 2.21. The van der Waals surface area contributed by atoms with Gasteiger partial charge in [0, 0.05) is 36.8 Å². The molecular formula is C15H24N2O. The fourth-order valence-electron chi connectivity index (χ4n) is 2.29. The summed E-state index contributed by atoms with van der Waals surface area (Å²) in [5, 5.41) is 0. The predicted octanol–water partition coefficient (Wildman–Crippen LogP) is 2.56. The number of rotatable bonds is 8. The molecule has 0 spiro atoms. The Bertz CT molecular complexity index is 353. The van der Waals surface area contributed by atoms with Crippen LogP contribution in [-0.4, -0.2) is 36.3 Å². The third-order valence-corrected chi connectivity index (χ3v) is 3.21. The van der Waals surface area contributed by atoms with Gasteiger partial charge in [-0.15, -0.1) is 0 Å². The second-order valence-corrected chi connectivity index (χ2v) is 5.33. The van der Waals surface area contributed by atoms with Crippen molar-refractivity contribution in [2.24, 2.45) is 5.41 Å². The number of aldehydes is 1. The molecule has 0 aliphatic heterocycles. The molecule has 0 fully saturated rings. The van der Waals surface area contributed by atoms with Gasteiger partial charge >= 0.3 is 0 Å². The molecule has 1 aromatic rings. The first-order valence-electron chi connectivity index (χ1n) is 6.64. The minimum atomic E-state index is -0.215. The van der Waals surface area contributed by atoms with Crippen LogP contribution < -0.4 is 0 Å². The van der Waals surface area contributed by atoms with E-state index in [1.807, 2.05) is 31.3 Å². The topological polar surface area (TPSA) is 33.2 Å². The molecule has 0 saturated carbocycles. The lowest BCUT2D eigenvalue weighted by Crippen LogP contribution is -2.35. The highest BCUT2D eigenvalue weighted by molar-refractivity contribution is 5.58. The van der Waals surface area contributed by atoms with Crippen LogP contribution in [0.2, 0.25) is 0 Å². The zero-order chi connectivity index (χ0) is 13.4. The van der Waals surface area contributed by atoms with Gasteiger partial charge in [-0.05, 0) is 25.6 Å². The summed E-state index contributed by atoms with van der Waals surface area (Å²) in [7, 11) is 2.07. The van der Waals surface area contributed by atoms with Gasteiger partial charge in [-0.3, -0.25) is 4.98 Å². The van der Waals surface area contributed by atoms with E-state index in [0.29, 0.717) is 0 Å². The smallest absolute Gasteiger partial charge is 0.127 e. The van der Waals surface area contributed by atoms with Gasteiger partial charge in [-0.1, -0.05) is 26.3 Å². The van der Waals surface area contributed by atoms with Gasteiger partial charge in [0.15, 0.2) is 0 Å². The third kappa shape index (κ3) is 4.96. The Balaban J connectivity index is 2.41. The monoisotopic (exact) mass is 248 g/mol. The first-order chi connectivity index (χ1) is 8.59. The van der Waals surface area contributed by atoms with E-state index in [-0.39, 0.29) is 5.41 Å². The van der Waals surface area contributed by atoms with Crippen LogP contribution in [0.5, 0.6) is 0 Å². The molecule has 0 aliphatic rings. The molecule has 1 aromatic heterocycles. The van der Waals surface area contributed by atoms with Crippen LogP contribution in [0.1, 0.15) is 32.4 Å². The van der Waals surface area contributed by atoms with Crippen molar-refractivity contribution >= 4 is 6.29 Å². The molecule has 0 N–H and O–H groups in total. The highest BCUT2D eigenvalue weighted by atomic mass is 16.1. The van der Waals surface area contributed by atoms with Gasteiger partial charge in [0.1, 0.15) is 6.29 Å². The maximum absolute atomic E-state index is 11.2. The fraction of sp³-hybridized carbons (Fsp3) is 0.600. The number of nitrogens with zero attached hydrogens (tertiary/aromatic N) is 2. The van der Waals surface area contributed by atoms with E-state index >= 15 is 0 Å². The van der Waals surface area contributed by atoms with E-state index < -0.39 is 0 Å². The average molecular weight is 248 g/mol. The molecule has 0 radical (unpaired) electrons. The van der Waals surface area contributed by atoms with Crippen molar-refractivity contribution < 1.29 is 4.79 Å². The average Bonchev–Trinajstić information content (AvgIpc) is 2.38. The van der Waals surface area contributed by atoms with Gasteiger partial charge < -0.3 is 9.69 Å². The summed E-state index contributed by atoms with van der Waals surface area (Å²) < 4.78 is 0. The molecule has 0 aliphatic carbocycles. The van der Waals surface area contributed by atoms with Crippen molar-refractivity contribution in [2.45, 2.75) is 33.1 Å². The molecule has 3 nitrogen and oxygen atoms in total. The van der Waals surface area contributed by atoms with Crippen molar-refractivity contribution in [1.29, 1.82) is 0 Å². The summed E-state index contributed by atoms with van der Waals surface area (Å²) in [4.78, 5) is 17.7. The Morgan fingerprint density at radius 3 is 2.78 bits per heavy atom. The summed E-state index contributed by atoms with van der Waals surface area (Å²) in [5.41, 5.74) is 0.890. The minimum Gasteiger partial charge on any atom is -0.305 e. The Kier molecular flexibility index (Phi) is 5.99. The second-order valence-electron chi connectivity index (χ2n) is 5.33. The molecule has 18 heavy (non-hydrogen) atoms. The Hall–Kier alpha value is -1.22. The molecule has 1 heterocycles. The number of likely N-dealkylation sites (N-methyl/N-ethyl adjacent to an activating group) is 1.